The van der Waals surface area contributed by atoms with Crippen molar-refractivity contribution in [2.24, 2.45) is 0 Å². The van der Waals surface area contributed by atoms with Gasteiger partial charge in [-0.2, -0.15) is 5.10 Å². The highest BCUT2D eigenvalue weighted by Crippen LogP contribution is 2.28. The molecule has 1 aromatic carbocycles. The SMILES string of the molecule is COc1cccc2c(-n3cc(C(=O)O)cn3)nccc12. The van der Waals surface area contributed by atoms with Crippen LogP contribution in [0.2, 0.25) is 0 Å². The molecule has 1 N–H and O–H groups in total. The van der Waals surface area contributed by atoms with Crippen LogP contribution in [0.15, 0.2) is 42.9 Å². The van der Waals surface area contributed by atoms with Crippen molar-refractivity contribution in [2.45, 2.75) is 0 Å². The van der Waals surface area contributed by atoms with E-state index in [1.165, 1.54) is 17.1 Å². The Morgan fingerprint density at radius 3 is 2.85 bits per heavy atom. The van der Waals surface area contributed by atoms with Gasteiger partial charge in [-0.3, -0.25) is 0 Å². The summed E-state index contributed by atoms with van der Waals surface area (Å²) < 4.78 is 6.76. The summed E-state index contributed by atoms with van der Waals surface area (Å²) in [6, 6.07) is 7.45. The standard InChI is InChI=1S/C14H11N3O3/c1-20-12-4-2-3-11-10(12)5-6-15-13(11)17-8-9(7-16-17)14(18)19/h2-8H,1H3,(H,18,19). The van der Waals surface area contributed by atoms with Crippen LogP contribution in [0.25, 0.3) is 16.6 Å². The molecular formula is C14H11N3O3. The Kier molecular flexibility index (Phi) is 2.83. The zero-order chi connectivity index (χ0) is 14.1. The van der Waals surface area contributed by atoms with Crippen LogP contribution in [0.4, 0.5) is 0 Å². The summed E-state index contributed by atoms with van der Waals surface area (Å²) in [5, 5.41) is 14.7. The molecule has 0 unspecified atom stereocenters. The third kappa shape index (κ3) is 1.87. The Labute approximate surface area is 114 Å². The highest BCUT2D eigenvalue weighted by molar-refractivity contribution is 5.93. The van der Waals surface area contributed by atoms with E-state index in [2.05, 4.69) is 10.1 Å². The lowest BCUT2D eigenvalue weighted by Crippen LogP contribution is -2.00. The Balaban J connectivity index is 2.23. The third-order valence-corrected chi connectivity index (χ3v) is 3.01. The molecule has 0 fully saturated rings. The van der Waals surface area contributed by atoms with Gasteiger partial charge >= 0.3 is 5.97 Å². The van der Waals surface area contributed by atoms with Crippen LogP contribution in [0.5, 0.6) is 5.75 Å². The molecule has 2 heterocycles. The van der Waals surface area contributed by atoms with Crippen molar-refractivity contribution in [3.05, 3.63) is 48.4 Å². The van der Waals surface area contributed by atoms with Crippen molar-refractivity contribution >= 4 is 16.7 Å². The molecule has 0 aliphatic rings. The Hall–Kier alpha value is -2.89. The lowest BCUT2D eigenvalue weighted by atomic mass is 10.1. The number of carbonyl (C=O) groups is 1. The first kappa shape index (κ1) is 12.2. The van der Waals surface area contributed by atoms with Gasteiger partial charge in [-0.15, -0.1) is 0 Å². The zero-order valence-corrected chi connectivity index (χ0v) is 10.6. The van der Waals surface area contributed by atoms with E-state index in [9.17, 15) is 4.79 Å². The summed E-state index contributed by atoms with van der Waals surface area (Å²) in [6.07, 6.45) is 4.37. The van der Waals surface area contributed by atoms with Gasteiger partial charge in [-0.25, -0.2) is 14.5 Å². The largest absolute Gasteiger partial charge is 0.496 e. The average molecular weight is 269 g/mol. The van der Waals surface area contributed by atoms with Gasteiger partial charge in [0.25, 0.3) is 0 Å². The van der Waals surface area contributed by atoms with Crippen molar-refractivity contribution in [1.82, 2.24) is 14.8 Å². The Bertz CT molecular complexity index is 795. The maximum Gasteiger partial charge on any atom is 0.338 e. The molecule has 0 radical (unpaired) electrons. The molecule has 6 heteroatoms. The molecule has 0 saturated heterocycles. The minimum atomic E-state index is -1.02. The summed E-state index contributed by atoms with van der Waals surface area (Å²) in [4.78, 5) is 15.2. The van der Waals surface area contributed by atoms with Gasteiger partial charge in [0.2, 0.25) is 0 Å². The fourth-order valence-electron chi connectivity index (χ4n) is 2.07. The molecule has 0 aliphatic carbocycles. The highest BCUT2D eigenvalue weighted by atomic mass is 16.5. The van der Waals surface area contributed by atoms with E-state index in [1.807, 2.05) is 24.3 Å². The van der Waals surface area contributed by atoms with Gasteiger partial charge in [-0.1, -0.05) is 12.1 Å². The number of rotatable bonds is 3. The van der Waals surface area contributed by atoms with Gasteiger partial charge in [0.1, 0.15) is 5.75 Å². The molecular weight excluding hydrogens is 258 g/mol. The molecule has 0 amide bonds. The lowest BCUT2D eigenvalue weighted by Gasteiger charge is -2.08. The van der Waals surface area contributed by atoms with Gasteiger partial charge < -0.3 is 9.84 Å². The first-order chi connectivity index (χ1) is 9.70. The topological polar surface area (TPSA) is 77.2 Å². The van der Waals surface area contributed by atoms with Crippen molar-refractivity contribution in [1.29, 1.82) is 0 Å². The first-order valence-electron chi connectivity index (χ1n) is 5.91. The van der Waals surface area contributed by atoms with Crippen LogP contribution in [-0.4, -0.2) is 33.0 Å². The van der Waals surface area contributed by atoms with Crippen LogP contribution in [0.1, 0.15) is 10.4 Å². The first-order valence-corrected chi connectivity index (χ1v) is 5.91. The summed E-state index contributed by atoms with van der Waals surface area (Å²) in [5.41, 5.74) is 0.117. The molecule has 0 aliphatic heterocycles. The molecule has 100 valence electrons. The van der Waals surface area contributed by atoms with E-state index < -0.39 is 5.97 Å². The monoisotopic (exact) mass is 269 g/mol. The molecule has 3 aromatic rings. The van der Waals surface area contributed by atoms with Gasteiger partial charge in [0.05, 0.1) is 18.9 Å². The van der Waals surface area contributed by atoms with Crippen molar-refractivity contribution in [2.75, 3.05) is 7.11 Å². The number of fused-ring (bicyclic) bond motifs is 1. The molecule has 6 nitrogen and oxygen atoms in total. The van der Waals surface area contributed by atoms with Crippen LogP contribution in [-0.2, 0) is 0 Å². The lowest BCUT2D eigenvalue weighted by molar-refractivity contribution is 0.0697. The van der Waals surface area contributed by atoms with Gasteiger partial charge in [0.15, 0.2) is 5.82 Å². The maximum absolute atomic E-state index is 10.9. The average Bonchev–Trinajstić information content (AvgIpc) is 2.95. The second kappa shape index (κ2) is 4.65. The molecule has 0 atom stereocenters. The number of nitrogens with zero attached hydrogens (tertiary/aromatic N) is 3. The van der Waals surface area contributed by atoms with Gasteiger partial charge in [0, 0.05) is 23.2 Å². The van der Waals surface area contributed by atoms with Crippen LogP contribution in [0, 0.1) is 0 Å². The second-order valence-corrected chi connectivity index (χ2v) is 4.17. The minimum absolute atomic E-state index is 0.117. The van der Waals surface area contributed by atoms with Crippen LogP contribution >= 0.6 is 0 Å². The molecule has 0 saturated carbocycles. The number of pyridine rings is 1. The molecule has 3 rings (SSSR count). The van der Waals surface area contributed by atoms with Crippen LogP contribution in [0.3, 0.4) is 0 Å². The number of benzene rings is 1. The quantitative estimate of drug-likeness (QED) is 0.788. The summed E-state index contributed by atoms with van der Waals surface area (Å²) >= 11 is 0. The fourth-order valence-corrected chi connectivity index (χ4v) is 2.07. The summed E-state index contributed by atoms with van der Waals surface area (Å²) in [6.45, 7) is 0. The number of carboxylic acids is 1. The maximum atomic E-state index is 10.9. The van der Waals surface area contributed by atoms with E-state index in [0.29, 0.717) is 5.82 Å². The molecule has 20 heavy (non-hydrogen) atoms. The number of aromatic carboxylic acids is 1. The second-order valence-electron chi connectivity index (χ2n) is 4.17. The predicted molar refractivity (Wildman–Crippen MR) is 72.4 cm³/mol. The Morgan fingerprint density at radius 1 is 1.30 bits per heavy atom. The van der Waals surface area contributed by atoms with Gasteiger partial charge in [-0.05, 0) is 12.1 Å². The number of methoxy groups -OCH3 is 1. The third-order valence-electron chi connectivity index (χ3n) is 3.01. The fraction of sp³-hybridized carbons (Fsp3) is 0.0714. The minimum Gasteiger partial charge on any atom is -0.496 e. The van der Waals surface area contributed by atoms with Crippen molar-refractivity contribution in [3.8, 4) is 11.6 Å². The van der Waals surface area contributed by atoms with Crippen molar-refractivity contribution < 1.29 is 14.6 Å². The molecule has 0 spiro atoms. The molecule has 0 bridgehead atoms. The smallest absolute Gasteiger partial charge is 0.338 e. The zero-order valence-electron chi connectivity index (χ0n) is 10.6. The number of ether oxygens (including phenoxy) is 1. The van der Waals surface area contributed by atoms with E-state index in [1.54, 1.807) is 13.3 Å². The molecule has 2 aromatic heterocycles. The van der Waals surface area contributed by atoms with E-state index in [-0.39, 0.29) is 5.56 Å². The number of hydrogen-bond donors (Lipinski definition) is 1. The summed E-state index contributed by atoms with van der Waals surface area (Å²) in [7, 11) is 1.60. The van der Waals surface area contributed by atoms with Crippen molar-refractivity contribution in [3.63, 3.8) is 0 Å². The van der Waals surface area contributed by atoms with E-state index in [0.717, 1.165) is 16.5 Å². The number of hydrogen-bond acceptors (Lipinski definition) is 4. The van der Waals surface area contributed by atoms with E-state index in [4.69, 9.17) is 9.84 Å². The summed E-state index contributed by atoms with van der Waals surface area (Å²) in [5.74, 6) is 0.278. The van der Waals surface area contributed by atoms with E-state index >= 15 is 0 Å². The van der Waals surface area contributed by atoms with Crippen LogP contribution < -0.4 is 4.74 Å². The number of aromatic nitrogens is 3. The highest BCUT2D eigenvalue weighted by Gasteiger charge is 2.11. The predicted octanol–water partition coefficient (Wildman–Crippen LogP) is 2.13. The number of carboxylic acid groups (broad SMARTS) is 1. The Morgan fingerprint density at radius 2 is 2.15 bits per heavy atom. The normalized spacial score (nSPS) is 10.7.